The molecule has 2 aromatic rings. The van der Waals surface area contributed by atoms with Crippen molar-refractivity contribution in [3.05, 3.63) is 59.7 Å². The Bertz CT molecular complexity index is 407. The molecule has 19 heavy (non-hydrogen) atoms. The van der Waals surface area contributed by atoms with Crippen LogP contribution in [0.1, 0.15) is 30.0 Å². The summed E-state index contributed by atoms with van der Waals surface area (Å²) in [5.74, 6) is 0. The van der Waals surface area contributed by atoms with Crippen LogP contribution < -0.4 is 0 Å². The van der Waals surface area contributed by atoms with Gasteiger partial charge < -0.3 is 29.8 Å². The molecule has 0 heterocycles. The number of hydrogen-bond donors (Lipinski definition) is 0. The van der Waals surface area contributed by atoms with Gasteiger partial charge in [-0.25, -0.2) is 19.1 Å². The largest absolute Gasteiger partial charge is 0.748 e. The Morgan fingerprint density at radius 3 is 1.79 bits per heavy atom. The van der Waals surface area contributed by atoms with Crippen molar-refractivity contribution >= 4 is 8.07 Å². The normalized spacial score (nSPS) is 12.1. The van der Waals surface area contributed by atoms with Crippen LogP contribution in [0.15, 0.2) is 48.5 Å². The molecule has 0 aliphatic carbocycles. The molecule has 0 nitrogen and oxygen atoms in total. The van der Waals surface area contributed by atoms with Crippen molar-refractivity contribution < 1.29 is 17.1 Å². The minimum Gasteiger partial charge on any atom is -0.748 e. The molecule has 2 aromatic carbocycles. The molecule has 0 N–H and O–H groups in total. The molecule has 0 saturated carbocycles. The number of hydrogen-bond acceptors (Lipinski definition) is 0. The van der Waals surface area contributed by atoms with Crippen LogP contribution in [0.2, 0.25) is 19.6 Å². The summed E-state index contributed by atoms with van der Waals surface area (Å²) in [6.45, 7) is 11.7. The molecule has 0 aromatic heterocycles. The molecular weight excluding hydrogens is 288 g/mol. The van der Waals surface area contributed by atoms with Gasteiger partial charge in [-0.3, -0.25) is 0 Å². The summed E-state index contributed by atoms with van der Waals surface area (Å²) >= 11 is 0. The zero-order chi connectivity index (χ0) is 13.6. The van der Waals surface area contributed by atoms with Crippen LogP contribution in [0.5, 0.6) is 0 Å². The average molecular weight is 314 g/mol. The number of rotatable bonds is 3. The molecule has 2 rings (SSSR count). The smallest absolute Gasteiger partial charge is 0.0402 e. The second-order valence-electron chi connectivity index (χ2n) is 6.01. The van der Waals surface area contributed by atoms with Crippen molar-refractivity contribution in [2.24, 2.45) is 0 Å². The van der Waals surface area contributed by atoms with Crippen molar-refractivity contribution in [1.82, 2.24) is 0 Å². The van der Waals surface area contributed by atoms with E-state index in [0.717, 1.165) is 5.54 Å². The Balaban J connectivity index is 0.000000392. The first-order valence-corrected chi connectivity index (χ1v) is 10.4. The summed E-state index contributed by atoms with van der Waals surface area (Å²) in [6, 6.07) is 17.1. The summed E-state index contributed by atoms with van der Waals surface area (Å²) in [7, 11) is -0.991. The molecule has 0 fully saturated rings. The molecule has 2 heteroatoms. The Morgan fingerprint density at radius 1 is 1.05 bits per heavy atom. The van der Waals surface area contributed by atoms with Crippen LogP contribution in [0, 0.1) is 6.92 Å². The molecule has 0 saturated heterocycles. The zero-order valence-corrected chi connectivity index (χ0v) is 14.9. The van der Waals surface area contributed by atoms with Crippen LogP contribution in [0.4, 0.5) is 0 Å². The quantitative estimate of drug-likeness (QED) is 0.519. The van der Waals surface area contributed by atoms with E-state index in [0.29, 0.717) is 0 Å². The second-order valence-corrected chi connectivity index (χ2v) is 11.4. The third-order valence-electron chi connectivity index (χ3n) is 3.37. The van der Waals surface area contributed by atoms with Gasteiger partial charge >= 0.3 is 0 Å². The molecule has 112 valence electrons. The third-order valence-corrected chi connectivity index (χ3v) is 6.21. The van der Waals surface area contributed by atoms with E-state index in [1.54, 1.807) is 5.56 Å². The van der Waals surface area contributed by atoms with Gasteiger partial charge in [0.1, 0.15) is 0 Å². The Labute approximate surface area is 130 Å². The van der Waals surface area contributed by atoms with Gasteiger partial charge in [0.05, 0.1) is 0 Å². The Hall–Kier alpha value is -0.564. The van der Waals surface area contributed by atoms with E-state index in [1.165, 1.54) is 12.0 Å². The van der Waals surface area contributed by atoms with Gasteiger partial charge in [-0.05, 0) is 0 Å². The molecule has 0 aliphatic rings. The van der Waals surface area contributed by atoms with Gasteiger partial charge in [0.25, 0.3) is 0 Å². The monoisotopic (exact) mass is 314 g/mol. The van der Waals surface area contributed by atoms with E-state index in [4.69, 9.17) is 0 Å². The summed E-state index contributed by atoms with van der Waals surface area (Å²) in [5.41, 5.74) is 3.74. The molecule has 0 radical (unpaired) electrons. The third kappa shape index (κ3) is 6.42. The maximum Gasteiger partial charge on any atom is 0.0402 e. The predicted molar refractivity (Wildman–Crippen MR) is 85.2 cm³/mol. The maximum absolute atomic E-state index is 2.45. The average Bonchev–Trinajstić information content (AvgIpc) is 2.91. The molecule has 1 atom stereocenters. The Morgan fingerprint density at radius 2 is 1.53 bits per heavy atom. The van der Waals surface area contributed by atoms with Crippen LogP contribution in [0.3, 0.4) is 0 Å². The van der Waals surface area contributed by atoms with Crippen LogP contribution >= 0.6 is 0 Å². The van der Waals surface area contributed by atoms with Gasteiger partial charge in [0.15, 0.2) is 0 Å². The fourth-order valence-electron chi connectivity index (χ4n) is 2.44. The second kappa shape index (κ2) is 8.58. The van der Waals surface area contributed by atoms with E-state index in [-0.39, 0.29) is 17.1 Å². The maximum atomic E-state index is 2.45. The van der Waals surface area contributed by atoms with Gasteiger partial charge in [-0.1, -0.05) is 38.5 Å². The minimum atomic E-state index is -0.991. The van der Waals surface area contributed by atoms with Gasteiger partial charge in [-0.2, -0.15) is 17.7 Å². The molecule has 0 amide bonds. The summed E-state index contributed by atoms with van der Waals surface area (Å²) in [4.78, 5) is 0. The van der Waals surface area contributed by atoms with E-state index in [9.17, 15) is 0 Å². The predicted octanol–water partition coefficient (Wildman–Crippen LogP) is 5.49. The summed E-state index contributed by atoms with van der Waals surface area (Å²) in [6.07, 6.45) is 1.29. The first kappa shape index (κ1) is 18.4. The molecular formula is C17H26FeSi-6. The summed E-state index contributed by atoms with van der Waals surface area (Å²) < 4.78 is 0. The van der Waals surface area contributed by atoms with E-state index < -0.39 is 8.07 Å². The molecule has 0 aliphatic heterocycles. The molecule has 0 spiro atoms. The van der Waals surface area contributed by atoms with Gasteiger partial charge in [0, 0.05) is 25.1 Å². The fourth-order valence-corrected chi connectivity index (χ4v) is 4.86. The van der Waals surface area contributed by atoms with Crippen LogP contribution in [0.25, 0.3) is 0 Å². The van der Waals surface area contributed by atoms with Crippen molar-refractivity contribution in [2.75, 3.05) is 0 Å². The zero-order valence-electron chi connectivity index (χ0n) is 12.8. The molecule has 1 unspecified atom stereocenters. The standard InChI is InChI=1S/C11H19Si.C6H7.Fe/c1-5-11(12(2,3)4)10-8-6-7-9-10;1-6-4-2-3-5-6;/h6-9,11H,5H2,1-4H3;2-5H,1H3;/q-1;-5;. The number of aryl methyl sites for hydroxylation is 1. The fraction of sp³-hybridized carbons (Fsp3) is 0.412. The van der Waals surface area contributed by atoms with Crippen molar-refractivity contribution in [3.8, 4) is 0 Å². The van der Waals surface area contributed by atoms with Crippen LogP contribution in [-0.2, 0) is 17.1 Å². The van der Waals surface area contributed by atoms with Crippen molar-refractivity contribution in [3.63, 3.8) is 0 Å². The Kier molecular flexibility index (Phi) is 8.32. The summed E-state index contributed by atoms with van der Waals surface area (Å²) in [5, 5.41) is 0. The minimum absolute atomic E-state index is 0. The molecule has 0 bridgehead atoms. The van der Waals surface area contributed by atoms with Gasteiger partial charge in [0.2, 0.25) is 0 Å². The SMILES string of the molecule is CCC([c-]1cccc1)[Si](C)(C)C.C[c-]1[cH-][cH-][cH-][cH-]1.[Fe]. The topological polar surface area (TPSA) is 0 Å². The van der Waals surface area contributed by atoms with Crippen molar-refractivity contribution in [2.45, 2.75) is 45.5 Å². The van der Waals surface area contributed by atoms with E-state index >= 15 is 0 Å². The van der Waals surface area contributed by atoms with Crippen LogP contribution in [-0.4, -0.2) is 8.07 Å². The van der Waals surface area contributed by atoms with E-state index in [2.05, 4.69) is 69.9 Å². The van der Waals surface area contributed by atoms with Gasteiger partial charge in [-0.15, -0.1) is 0 Å². The van der Waals surface area contributed by atoms with Crippen molar-refractivity contribution in [1.29, 1.82) is 0 Å². The van der Waals surface area contributed by atoms with E-state index in [1.807, 2.05) is 12.1 Å². The first-order chi connectivity index (χ1) is 8.45. The first-order valence-electron chi connectivity index (χ1n) is 6.85.